The Morgan fingerprint density at radius 2 is 1.87 bits per heavy atom. The summed E-state index contributed by atoms with van der Waals surface area (Å²) in [5, 5.41) is 0. The average molecular weight is 223 g/mol. The first-order valence-electron chi connectivity index (χ1n) is 5.54. The van der Waals surface area contributed by atoms with Gasteiger partial charge in [-0.3, -0.25) is 4.39 Å². The van der Waals surface area contributed by atoms with Gasteiger partial charge in [-0.25, -0.2) is 8.78 Å². The molecule has 1 fully saturated rings. The molecule has 0 N–H and O–H groups in total. The molecule has 2 atom stereocenters. The molecule has 0 aromatic rings. The first-order valence-corrected chi connectivity index (χ1v) is 5.54. The van der Waals surface area contributed by atoms with Gasteiger partial charge in [0.1, 0.15) is 0 Å². The first kappa shape index (κ1) is 12.8. The molecule has 1 aliphatic carbocycles. The Morgan fingerprint density at radius 1 is 1.33 bits per heavy atom. The second kappa shape index (κ2) is 4.73. The third-order valence-electron chi connectivity index (χ3n) is 2.95. The van der Waals surface area contributed by atoms with Crippen LogP contribution < -0.4 is 0 Å². The topological polar surface area (TPSA) is 3.24 Å². The van der Waals surface area contributed by atoms with Crippen LogP contribution in [0.15, 0.2) is 0 Å². The molecule has 0 bridgehead atoms. The molecule has 0 saturated heterocycles. The van der Waals surface area contributed by atoms with Gasteiger partial charge in [-0.15, -0.1) is 0 Å². The van der Waals surface area contributed by atoms with Gasteiger partial charge in [-0.1, -0.05) is 6.92 Å². The summed E-state index contributed by atoms with van der Waals surface area (Å²) in [6.45, 7) is 6.32. The predicted octanol–water partition coefficient (Wildman–Crippen LogP) is 2.96. The van der Waals surface area contributed by atoms with Crippen LogP contribution in [0.25, 0.3) is 0 Å². The maximum Gasteiger partial charge on any atom is 0.252 e. The molecule has 1 aliphatic rings. The molecule has 0 spiro atoms. The van der Waals surface area contributed by atoms with Gasteiger partial charge in [0, 0.05) is 31.5 Å². The van der Waals surface area contributed by atoms with Crippen molar-refractivity contribution in [3.63, 3.8) is 0 Å². The Kier molecular flexibility index (Phi) is 4.04. The van der Waals surface area contributed by atoms with Crippen molar-refractivity contribution in [3.8, 4) is 0 Å². The van der Waals surface area contributed by atoms with Crippen LogP contribution in [-0.4, -0.2) is 36.6 Å². The number of hydrogen-bond acceptors (Lipinski definition) is 1. The van der Waals surface area contributed by atoms with Gasteiger partial charge in [-0.05, 0) is 19.8 Å². The zero-order chi connectivity index (χ0) is 11.6. The van der Waals surface area contributed by atoms with Gasteiger partial charge in [0.2, 0.25) is 0 Å². The van der Waals surface area contributed by atoms with Crippen LogP contribution in [0.5, 0.6) is 0 Å². The van der Waals surface area contributed by atoms with E-state index >= 15 is 0 Å². The molecule has 0 aromatic carbocycles. The summed E-state index contributed by atoms with van der Waals surface area (Å²) in [4.78, 5) is 1.95. The average Bonchev–Trinajstić information content (AvgIpc) is 2.72. The highest BCUT2D eigenvalue weighted by molar-refractivity contribution is 4.97. The molecular formula is C11H20F3N. The largest absolute Gasteiger partial charge is 0.300 e. The molecule has 90 valence electrons. The number of alkyl halides is 3. The van der Waals surface area contributed by atoms with Gasteiger partial charge in [0.05, 0.1) is 6.67 Å². The van der Waals surface area contributed by atoms with Crippen molar-refractivity contribution in [2.45, 2.75) is 39.2 Å². The normalized spacial score (nSPS) is 26.0. The molecule has 1 rings (SSSR count). The van der Waals surface area contributed by atoms with Crippen LogP contribution in [0, 0.1) is 11.8 Å². The van der Waals surface area contributed by atoms with Crippen LogP contribution in [0.4, 0.5) is 13.2 Å². The molecule has 0 amide bonds. The molecule has 0 aliphatic heterocycles. The van der Waals surface area contributed by atoms with Crippen molar-refractivity contribution in [1.29, 1.82) is 0 Å². The van der Waals surface area contributed by atoms with Crippen LogP contribution in [-0.2, 0) is 0 Å². The smallest absolute Gasteiger partial charge is 0.252 e. The van der Waals surface area contributed by atoms with E-state index in [0.29, 0.717) is 13.1 Å². The van der Waals surface area contributed by atoms with E-state index < -0.39 is 11.8 Å². The van der Waals surface area contributed by atoms with E-state index in [-0.39, 0.29) is 25.1 Å². The van der Waals surface area contributed by atoms with Crippen molar-refractivity contribution in [3.05, 3.63) is 0 Å². The van der Waals surface area contributed by atoms with Crippen molar-refractivity contribution >= 4 is 0 Å². The van der Waals surface area contributed by atoms with E-state index in [9.17, 15) is 13.2 Å². The molecule has 15 heavy (non-hydrogen) atoms. The maximum atomic E-state index is 12.7. The second-order valence-corrected chi connectivity index (χ2v) is 4.97. The molecule has 1 saturated carbocycles. The summed E-state index contributed by atoms with van der Waals surface area (Å²) in [5.41, 5.74) is 0. The molecule has 0 heterocycles. The Labute approximate surface area is 89.6 Å². The third-order valence-corrected chi connectivity index (χ3v) is 2.95. The van der Waals surface area contributed by atoms with E-state index in [1.54, 1.807) is 6.92 Å². The standard InChI is InChI=1S/C11H20F3N/c1-8(2)15(6-9(3)5-12)7-10-4-11(10,13)14/h8-10H,4-7H2,1-3H3. The Hall–Kier alpha value is -0.250. The Bertz CT molecular complexity index is 206. The molecule has 0 aromatic heterocycles. The number of nitrogens with zero attached hydrogens (tertiary/aromatic N) is 1. The van der Waals surface area contributed by atoms with Crippen LogP contribution >= 0.6 is 0 Å². The highest BCUT2D eigenvalue weighted by Gasteiger charge is 2.57. The fourth-order valence-electron chi connectivity index (χ4n) is 1.70. The lowest BCUT2D eigenvalue weighted by atomic mass is 10.1. The van der Waals surface area contributed by atoms with Gasteiger partial charge in [0.25, 0.3) is 5.92 Å². The molecule has 4 heteroatoms. The van der Waals surface area contributed by atoms with Gasteiger partial charge < -0.3 is 4.90 Å². The zero-order valence-corrected chi connectivity index (χ0v) is 9.64. The van der Waals surface area contributed by atoms with Crippen LogP contribution in [0.2, 0.25) is 0 Å². The minimum Gasteiger partial charge on any atom is -0.300 e. The summed E-state index contributed by atoms with van der Waals surface area (Å²) in [6, 6.07) is 0.204. The number of rotatable bonds is 6. The number of halogens is 3. The highest BCUT2D eigenvalue weighted by atomic mass is 19.3. The fraction of sp³-hybridized carbons (Fsp3) is 1.00. The lowest BCUT2D eigenvalue weighted by Gasteiger charge is -2.28. The molecule has 0 radical (unpaired) electrons. The molecular weight excluding hydrogens is 203 g/mol. The predicted molar refractivity (Wildman–Crippen MR) is 54.9 cm³/mol. The van der Waals surface area contributed by atoms with Gasteiger partial charge in [0.15, 0.2) is 0 Å². The summed E-state index contributed by atoms with van der Waals surface area (Å²) in [6.07, 6.45) is 0.000224. The van der Waals surface area contributed by atoms with Crippen LogP contribution in [0.3, 0.4) is 0 Å². The summed E-state index contributed by atoms with van der Waals surface area (Å²) >= 11 is 0. The minimum atomic E-state index is -2.47. The van der Waals surface area contributed by atoms with E-state index in [1.807, 2.05) is 18.7 Å². The third kappa shape index (κ3) is 3.67. The lowest BCUT2D eigenvalue weighted by Crippen LogP contribution is -2.37. The van der Waals surface area contributed by atoms with Gasteiger partial charge >= 0.3 is 0 Å². The Balaban J connectivity index is 2.38. The highest BCUT2D eigenvalue weighted by Crippen LogP contribution is 2.49. The minimum absolute atomic E-state index is 0.000224. The fourth-order valence-corrected chi connectivity index (χ4v) is 1.70. The van der Waals surface area contributed by atoms with E-state index in [0.717, 1.165) is 0 Å². The summed E-state index contributed by atoms with van der Waals surface area (Å²) in [7, 11) is 0. The van der Waals surface area contributed by atoms with Crippen molar-refractivity contribution in [1.82, 2.24) is 4.90 Å². The number of hydrogen-bond donors (Lipinski definition) is 0. The quantitative estimate of drug-likeness (QED) is 0.669. The first-order chi connectivity index (χ1) is 6.86. The van der Waals surface area contributed by atoms with E-state index in [4.69, 9.17) is 0 Å². The van der Waals surface area contributed by atoms with Gasteiger partial charge in [-0.2, -0.15) is 0 Å². The molecule has 2 unspecified atom stereocenters. The van der Waals surface area contributed by atoms with Crippen molar-refractivity contribution in [2.24, 2.45) is 11.8 Å². The maximum absolute atomic E-state index is 12.7. The van der Waals surface area contributed by atoms with Crippen molar-refractivity contribution in [2.75, 3.05) is 19.8 Å². The van der Waals surface area contributed by atoms with Crippen LogP contribution in [0.1, 0.15) is 27.2 Å². The second-order valence-electron chi connectivity index (χ2n) is 4.97. The summed E-state index contributed by atoms with van der Waals surface area (Å²) in [5.74, 6) is -3.04. The Morgan fingerprint density at radius 3 is 2.20 bits per heavy atom. The lowest BCUT2D eigenvalue weighted by molar-refractivity contribution is 0.0783. The zero-order valence-electron chi connectivity index (χ0n) is 9.64. The SMILES string of the molecule is CC(CF)CN(CC1CC1(F)F)C(C)C. The van der Waals surface area contributed by atoms with E-state index in [1.165, 1.54) is 0 Å². The monoisotopic (exact) mass is 223 g/mol. The summed E-state index contributed by atoms with van der Waals surface area (Å²) < 4.78 is 37.8. The van der Waals surface area contributed by atoms with E-state index in [2.05, 4.69) is 0 Å². The van der Waals surface area contributed by atoms with Crippen molar-refractivity contribution < 1.29 is 13.2 Å². The molecule has 1 nitrogen and oxygen atoms in total.